The first kappa shape index (κ1) is 10.1. The molecule has 0 saturated carbocycles. The van der Waals surface area contributed by atoms with Gasteiger partial charge >= 0.3 is 0 Å². The van der Waals surface area contributed by atoms with Crippen LogP contribution in [-0.2, 0) is 6.42 Å². The van der Waals surface area contributed by atoms with Gasteiger partial charge in [-0.1, -0.05) is 0 Å². The molecule has 3 N–H and O–H groups in total. The highest BCUT2D eigenvalue weighted by Crippen LogP contribution is 2.38. The lowest BCUT2D eigenvalue weighted by molar-refractivity contribution is 0.130. The van der Waals surface area contributed by atoms with E-state index in [1.54, 1.807) is 0 Å². The molecule has 2 unspecified atom stereocenters. The molecule has 0 radical (unpaired) electrons. The Bertz CT molecular complexity index is 324. The minimum absolute atomic E-state index is 0.311. The molecule has 1 aromatic heterocycles. The second-order valence-corrected chi connectivity index (χ2v) is 4.86. The van der Waals surface area contributed by atoms with Gasteiger partial charge in [-0.25, -0.2) is 0 Å². The van der Waals surface area contributed by atoms with E-state index in [1.165, 1.54) is 16.4 Å². The number of aryl methyl sites for hydroxylation is 1. The van der Waals surface area contributed by atoms with Crippen LogP contribution in [0.15, 0.2) is 0 Å². The molecule has 0 aliphatic heterocycles. The number of aliphatic hydroxyl groups is 1. The van der Waals surface area contributed by atoms with Gasteiger partial charge in [0.15, 0.2) is 0 Å². The summed E-state index contributed by atoms with van der Waals surface area (Å²) in [5, 5.41) is 9.95. The number of hydrogen-bond donors (Lipinski definition) is 2. The molecule has 2 rings (SSSR count). The van der Waals surface area contributed by atoms with Crippen molar-refractivity contribution in [2.45, 2.75) is 32.3 Å². The molecule has 0 aromatic carbocycles. The summed E-state index contributed by atoms with van der Waals surface area (Å²) in [5.41, 5.74) is 7.63. The summed E-state index contributed by atoms with van der Waals surface area (Å²) < 4.78 is 4.29. The molecule has 0 spiro atoms. The molecular weight excluding hydrogens is 196 g/mol. The van der Waals surface area contributed by atoms with Crippen LogP contribution >= 0.6 is 11.5 Å². The molecule has 1 heterocycles. The number of rotatable bonds is 2. The Labute approximate surface area is 88.1 Å². The van der Waals surface area contributed by atoms with Crippen molar-refractivity contribution < 1.29 is 5.11 Å². The number of hydrogen-bond acceptors (Lipinski definition) is 4. The van der Waals surface area contributed by atoms with Crippen molar-refractivity contribution in [2.75, 3.05) is 6.54 Å². The van der Waals surface area contributed by atoms with E-state index in [9.17, 15) is 5.11 Å². The molecule has 2 atom stereocenters. The molecular formula is C10H16N2OS. The summed E-state index contributed by atoms with van der Waals surface area (Å²) >= 11 is 1.53. The second kappa shape index (κ2) is 3.96. The minimum Gasteiger partial charge on any atom is -0.388 e. The van der Waals surface area contributed by atoms with Crippen molar-refractivity contribution in [3.05, 3.63) is 16.1 Å². The highest BCUT2D eigenvalue weighted by Gasteiger charge is 2.28. The molecule has 1 aliphatic carbocycles. The summed E-state index contributed by atoms with van der Waals surface area (Å²) in [5.74, 6) is 0.544. The Morgan fingerprint density at radius 3 is 3.14 bits per heavy atom. The van der Waals surface area contributed by atoms with E-state index in [1.807, 2.05) is 6.92 Å². The smallest absolute Gasteiger partial charge is 0.0821 e. The van der Waals surface area contributed by atoms with E-state index in [0.717, 1.165) is 30.5 Å². The molecule has 0 bridgehead atoms. The second-order valence-electron chi connectivity index (χ2n) is 4.00. The van der Waals surface area contributed by atoms with Gasteiger partial charge in [-0.3, -0.25) is 0 Å². The maximum Gasteiger partial charge on any atom is 0.0821 e. The third-order valence-corrected chi connectivity index (χ3v) is 3.89. The summed E-state index contributed by atoms with van der Waals surface area (Å²) in [4.78, 5) is 1.26. The lowest BCUT2D eigenvalue weighted by Gasteiger charge is -2.25. The van der Waals surface area contributed by atoms with Crippen LogP contribution in [0.1, 0.15) is 35.1 Å². The molecule has 0 amide bonds. The minimum atomic E-state index is -0.311. The zero-order valence-corrected chi connectivity index (χ0v) is 9.18. The van der Waals surface area contributed by atoms with Crippen LogP contribution in [0, 0.1) is 12.8 Å². The predicted octanol–water partition coefficient (Wildman–Crippen LogP) is 1.40. The Morgan fingerprint density at radius 2 is 2.43 bits per heavy atom. The van der Waals surface area contributed by atoms with Crippen LogP contribution in [0.4, 0.5) is 0 Å². The zero-order chi connectivity index (χ0) is 10.1. The third kappa shape index (κ3) is 1.69. The normalized spacial score (nSPS) is 26.2. The average Bonchev–Trinajstić information content (AvgIpc) is 2.48. The van der Waals surface area contributed by atoms with Crippen molar-refractivity contribution in [2.24, 2.45) is 11.7 Å². The van der Waals surface area contributed by atoms with Gasteiger partial charge in [0.25, 0.3) is 0 Å². The fraction of sp³-hybridized carbons (Fsp3) is 0.700. The molecule has 78 valence electrons. The lowest BCUT2D eigenvalue weighted by atomic mass is 9.84. The number of nitrogens with two attached hydrogens (primary N) is 1. The maximum atomic E-state index is 9.95. The molecule has 1 aliphatic rings. The molecule has 0 fully saturated rings. The first-order valence-corrected chi connectivity index (χ1v) is 5.83. The zero-order valence-electron chi connectivity index (χ0n) is 8.36. The first-order chi connectivity index (χ1) is 6.72. The predicted molar refractivity (Wildman–Crippen MR) is 57.3 cm³/mol. The van der Waals surface area contributed by atoms with Gasteiger partial charge in [0, 0.05) is 10.4 Å². The number of fused-ring (bicyclic) bond motifs is 1. The number of nitrogens with zero attached hydrogens (tertiary/aromatic N) is 1. The Balaban J connectivity index is 2.21. The van der Waals surface area contributed by atoms with Crippen molar-refractivity contribution in [3.63, 3.8) is 0 Å². The summed E-state index contributed by atoms with van der Waals surface area (Å²) in [7, 11) is 0. The van der Waals surface area contributed by atoms with Gasteiger partial charge in [0.2, 0.25) is 0 Å². The van der Waals surface area contributed by atoms with Crippen molar-refractivity contribution in [3.8, 4) is 0 Å². The summed E-state index contributed by atoms with van der Waals surface area (Å²) in [6.45, 7) is 2.69. The third-order valence-electron chi connectivity index (χ3n) is 2.92. The maximum absolute atomic E-state index is 9.95. The lowest BCUT2D eigenvalue weighted by Crippen LogP contribution is -2.20. The topological polar surface area (TPSA) is 59.1 Å². The molecule has 14 heavy (non-hydrogen) atoms. The van der Waals surface area contributed by atoms with Crippen molar-refractivity contribution >= 4 is 11.5 Å². The summed E-state index contributed by atoms with van der Waals surface area (Å²) in [6, 6.07) is 0. The van der Waals surface area contributed by atoms with E-state index < -0.39 is 0 Å². The van der Waals surface area contributed by atoms with Gasteiger partial charge in [-0.15, -0.1) is 0 Å². The van der Waals surface area contributed by atoms with E-state index in [-0.39, 0.29) is 6.10 Å². The van der Waals surface area contributed by atoms with Crippen LogP contribution in [0.5, 0.6) is 0 Å². The van der Waals surface area contributed by atoms with E-state index >= 15 is 0 Å². The van der Waals surface area contributed by atoms with Crippen LogP contribution in [-0.4, -0.2) is 16.0 Å². The van der Waals surface area contributed by atoms with Crippen molar-refractivity contribution in [1.29, 1.82) is 0 Å². The molecule has 0 saturated heterocycles. The van der Waals surface area contributed by atoms with Gasteiger partial charge in [-0.05, 0) is 50.2 Å². The average molecular weight is 212 g/mol. The molecule has 1 aromatic rings. The molecule has 4 heteroatoms. The fourth-order valence-electron chi connectivity index (χ4n) is 2.23. The first-order valence-electron chi connectivity index (χ1n) is 5.05. The van der Waals surface area contributed by atoms with Crippen LogP contribution in [0.3, 0.4) is 0 Å². The monoisotopic (exact) mass is 212 g/mol. The largest absolute Gasteiger partial charge is 0.388 e. The number of aliphatic hydroxyl groups excluding tert-OH is 1. The highest BCUT2D eigenvalue weighted by atomic mass is 32.1. The Kier molecular flexibility index (Phi) is 2.85. The van der Waals surface area contributed by atoms with Gasteiger partial charge < -0.3 is 10.8 Å². The molecule has 3 nitrogen and oxygen atoms in total. The van der Waals surface area contributed by atoms with E-state index in [2.05, 4.69) is 4.37 Å². The Hall–Kier alpha value is -0.450. The SMILES string of the molecule is Cc1nsc2c1C(O)CC(CCN)C2. The van der Waals surface area contributed by atoms with Crippen molar-refractivity contribution in [1.82, 2.24) is 4.37 Å². The van der Waals surface area contributed by atoms with Crippen LogP contribution in [0.2, 0.25) is 0 Å². The number of aromatic nitrogens is 1. The van der Waals surface area contributed by atoms with Crippen LogP contribution < -0.4 is 5.73 Å². The fourth-order valence-corrected chi connectivity index (χ4v) is 3.27. The van der Waals surface area contributed by atoms with Gasteiger partial charge in [0.05, 0.1) is 11.8 Å². The van der Waals surface area contributed by atoms with Gasteiger partial charge in [-0.2, -0.15) is 4.37 Å². The highest BCUT2D eigenvalue weighted by molar-refractivity contribution is 7.06. The standard InChI is InChI=1S/C10H16N2OS/c1-6-10-8(13)4-7(2-3-11)5-9(10)14-12-6/h7-8,13H,2-5,11H2,1H3. The van der Waals surface area contributed by atoms with Crippen LogP contribution in [0.25, 0.3) is 0 Å². The Morgan fingerprint density at radius 1 is 1.64 bits per heavy atom. The summed E-state index contributed by atoms with van der Waals surface area (Å²) in [6.07, 6.45) is 2.60. The van der Waals surface area contributed by atoms with E-state index in [0.29, 0.717) is 12.5 Å². The van der Waals surface area contributed by atoms with Gasteiger partial charge in [0.1, 0.15) is 0 Å². The quantitative estimate of drug-likeness (QED) is 0.779. The van der Waals surface area contributed by atoms with E-state index in [4.69, 9.17) is 5.73 Å².